The molecule has 4 aliphatic heterocycles. The van der Waals surface area contributed by atoms with Crippen LogP contribution in [0.5, 0.6) is 0 Å². The Labute approximate surface area is 236 Å². The minimum atomic E-state index is -3.59. The van der Waals surface area contributed by atoms with Gasteiger partial charge in [0.25, 0.3) is 0 Å². The van der Waals surface area contributed by atoms with Crippen LogP contribution in [-0.4, -0.2) is 105 Å². The first-order chi connectivity index (χ1) is 18.7. The molecule has 4 heterocycles. The molecule has 13 heteroatoms. The number of benzene rings is 1. The lowest BCUT2D eigenvalue weighted by Crippen LogP contribution is -2.45. The van der Waals surface area contributed by atoms with E-state index in [0.717, 1.165) is 24.8 Å². The first-order valence-electron chi connectivity index (χ1n) is 13.5. The highest BCUT2D eigenvalue weighted by atomic mass is 32.5. The molecule has 4 saturated heterocycles. The van der Waals surface area contributed by atoms with Gasteiger partial charge >= 0.3 is 6.72 Å². The zero-order chi connectivity index (χ0) is 27.8. The standard InChI is InChI=1S/C26H37BNO9PS/c1-16-12-20(31-3)21(34-16)13-33-38(39,37-24-23-25(27)35-26(24,14-29)15-32-23)36-22(18-8-5-4-6-9-18)19-10-7-11-28(19)17(2)30/h4-6,8-9,16,19-25,29H,7,10-15H2,1-3H3/t16-,19-,20?,21+,22+,23-,24?,25+,26+,38+/m0/s1. The van der Waals surface area contributed by atoms with Crippen LogP contribution in [-0.2, 0) is 49.1 Å². The average Bonchev–Trinajstić information content (AvgIpc) is 3.69. The molecule has 0 aromatic heterocycles. The molecule has 2 unspecified atom stereocenters. The number of aliphatic hydroxyl groups excluding tert-OH is 1. The molecule has 0 aliphatic carbocycles. The summed E-state index contributed by atoms with van der Waals surface area (Å²) < 4.78 is 42.9. The fourth-order valence-electron chi connectivity index (χ4n) is 6.08. The third-order valence-corrected chi connectivity index (χ3v) is 10.3. The van der Waals surface area contributed by atoms with Crippen LogP contribution in [0.25, 0.3) is 0 Å². The van der Waals surface area contributed by atoms with E-state index in [-0.39, 0.29) is 50.1 Å². The van der Waals surface area contributed by atoms with E-state index in [1.54, 1.807) is 14.0 Å². The molecule has 1 N–H and O–H groups in total. The molecule has 10 atom stereocenters. The maximum absolute atomic E-state index is 12.5. The van der Waals surface area contributed by atoms with Gasteiger partial charge < -0.3 is 33.5 Å². The van der Waals surface area contributed by atoms with Crippen LogP contribution < -0.4 is 0 Å². The Balaban J connectivity index is 1.46. The highest BCUT2D eigenvalue weighted by molar-refractivity contribution is 8.07. The molecular weight excluding hydrogens is 544 g/mol. The summed E-state index contributed by atoms with van der Waals surface area (Å²) in [6.07, 6.45) is -0.250. The number of likely N-dealkylation sites (tertiary alicyclic amines) is 1. The van der Waals surface area contributed by atoms with Crippen molar-refractivity contribution in [2.24, 2.45) is 0 Å². The monoisotopic (exact) mass is 581 g/mol. The Morgan fingerprint density at radius 1 is 1.36 bits per heavy atom. The van der Waals surface area contributed by atoms with Crippen LogP contribution in [0.3, 0.4) is 0 Å². The predicted molar refractivity (Wildman–Crippen MR) is 146 cm³/mol. The van der Waals surface area contributed by atoms with E-state index in [4.69, 9.17) is 52.2 Å². The molecule has 4 fully saturated rings. The summed E-state index contributed by atoms with van der Waals surface area (Å²) in [5.74, 6) is -0.0331. The number of aliphatic hydroxyl groups is 1. The number of rotatable bonds is 11. The highest BCUT2D eigenvalue weighted by Crippen LogP contribution is 2.59. The summed E-state index contributed by atoms with van der Waals surface area (Å²) in [4.78, 5) is 14.3. The lowest BCUT2D eigenvalue weighted by atomic mass is 9.92. The first-order valence-corrected chi connectivity index (χ1v) is 16.0. The van der Waals surface area contributed by atoms with Crippen molar-refractivity contribution in [3.05, 3.63) is 35.9 Å². The van der Waals surface area contributed by atoms with Crippen molar-refractivity contribution in [2.45, 2.75) is 87.4 Å². The third-order valence-electron chi connectivity index (χ3n) is 8.05. The van der Waals surface area contributed by atoms with Gasteiger partial charge in [-0.05, 0) is 37.1 Å². The molecular formula is C26H37BNO9PS. The van der Waals surface area contributed by atoms with Crippen molar-refractivity contribution >= 4 is 32.3 Å². The number of ether oxygens (including phenoxy) is 4. The number of carbonyl (C=O) groups is 1. The molecule has 5 rings (SSSR count). The van der Waals surface area contributed by atoms with E-state index in [0.29, 0.717) is 6.54 Å². The van der Waals surface area contributed by atoms with Gasteiger partial charge in [-0.3, -0.25) is 13.8 Å². The molecule has 4 aliphatic rings. The fourth-order valence-corrected chi connectivity index (χ4v) is 8.45. The minimum absolute atomic E-state index is 0.00561. The molecule has 1 aromatic rings. The number of fused-ring (bicyclic) bond motifs is 2. The van der Waals surface area contributed by atoms with Gasteiger partial charge in [0.05, 0.1) is 38.1 Å². The molecule has 0 spiro atoms. The summed E-state index contributed by atoms with van der Waals surface area (Å²) in [5.41, 5.74) is -0.317. The van der Waals surface area contributed by atoms with Gasteiger partial charge in [0.1, 0.15) is 37.9 Å². The van der Waals surface area contributed by atoms with Gasteiger partial charge in [-0.2, -0.15) is 0 Å². The Bertz CT molecular complexity index is 1060. The van der Waals surface area contributed by atoms with E-state index in [2.05, 4.69) is 0 Å². The number of carbonyl (C=O) groups excluding carboxylic acids is 1. The molecule has 2 radical (unpaired) electrons. The largest absolute Gasteiger partial charge is 0.393 e. The SMILES string of the molecule is [B][C@@H]1O[C@]2(CO)CO[C@H]1C2O[P@@](=S)(OC[C@H]1O[C@@H](C)CC1OC)O[C@H](c1ccccc1)[C@@H]1CCCN1C(C)=O. The normalized spacial score (nSPS) is 38.3. The van der Waals surface area contributed by atoms with Gasteiger partial charge in [0.15, 0.2) is 0 Å². The molecule has 39 heavy (non-hydrogen) atoms. The number of hydrogen-bond acceptors (Lipinski definition) is 10. The van der Waals surface area contributed by atoms with Gasteiger partial charge in [-0.1, -0.05) is 30.3 Å². The van der Waals surface area contributed by atoms with E-state index >= 15 is 0 Å². The second-order valence-corrected chi connectivity index (χ2v) is 13.6. The molecule has 1 aromatic carbocycles. The minimum Gasteiger partial charge on any atom is -0.393 e. The van der Waals surface area contributed by atoms with Crippen LogP contribution in [0.2, 0.25) is 0 Å². The zero-order valence-corrected chi connectivity index (χ0v) is 24.3. The number of hydrogen-bond donors (Lipinski definition) is 1. The van der Waals surface area contributed by atoms with Crippen LogP contribution in [0.1, 0.15) is 44.8 Å². The number of amides is 1. The van der Waals surface area contributed by atoms with E-state index in [9.17, 15) is 9.90 Å². The quantitative estimate of drug-likeness (QED) is 0.309. The van der Waals surface area contributed by atoms with Crippen LogP contribution in [0.15, 0.2) is 30.3 Å². The Morgan fingerprint density at radius 3 is 2.79 bits per heavy atom. The van der Waals surface area contributed by atoms with E-state index < -0.39 is 36.6 Å². The maximum Gasteiger partial charge on any atom is 0.328 e. The third kappa shape index (κ3) is 6.02. The molecule has 10 nitrogen and oxygen atoms in total. The Morgan fingerprint density at radius 2 is 2.13 bits per heavy atom. The van der Waals surface area contributed by atoms with Gasteiger partial charge in [0, 0.05) is 33.0 Å². The Kier molecular flexibility index (Phi) is 9.20. The summed E-state index contributed by atoms with van der Waals surface area (Å²) >= 11 is 6.07. The van der Waals surface area contributed by atoms with Crippen LogP contribution >= 0.6 is 6.72 Å². The fraction of sp³-hybridized carbons (Fsp3) is 0.731. The summed E-state index contributed by atoms with van der Waals surface area (Å²) in [7, 11) is 7.78. The van der Waals surface area contributed by atoms with Crippen LogP contribution in [0.4, 0.5) is 0 Å². The number of nitrogens with zero attached hydrogens (tertiary/aromatic N) is 1. The van der Waals surface area contributed by atoms with Gasteiger partial charge in [0.2, 0.25) is 5.91 Å². The lowest BCUT2D eigenvalue weighted by molar-refractivity contribution is -0.136. The zero-order valence-electron chi connectivity index (χ0n) is 22.5. The van der Waals surface area contributed by atoms with Crippen molar-refractivity contribution in [1.29, 1.82) is 0 Å². The van der Waals surface area contributed by atoms with Crippen molar-refractivity contribution in [3.8, 4) is 0 Å². The lowest BCUT2D eigenvalue weighted by Gasteiger charge is -2.37. The van der Waals surface area contributed by atoms with Gasteiger partial charge in [-0.25, -0.2) is 0 Å². The summed E-state index contributed by atoms with van der Waals surface area (Å²) in [5, 5.41) is 10.2. The van der Waals surface area contributed by atoms with Gasteiger partial charge in [-0.15, -0.1) is 0 Å². The molecule has 0 saturated carbocycles. The van der Waals surface area contributed by atoms with Crippen molar-refractivity contribution < 1.29 is 42.4 Å². The van der Waals surface area contributed by atoms with E-state index in [1.165, 1.54) is 0 Å². The number of methoxy groups -OCH3 is 1. The second-order valence-electron chi connectivity index (χ2n) is 10.7. The predicted octanol–water partition coefficient (Wildman–Crippen LogP) is 2.23. The molecule has 1 amide bonds. The van der Waals surface area contributed by atoms with Crippen molar-refractivity contribution in [2.75, 3.05) is 33.5 Å². The van der Waals surface area contributed by atoms with E-state index in [1.807, 2.05) is 42.2 Å². The van der Waals surface area contributed by atoms with Crippen molar-refractivity contribution in [3.63, 3.8) is 0 Å². The second kappa shape index (κ2) is 12.1. The Hall–Kier alpha value is -0.915. The molecule has 2 bridgehead atoms. The first kappa shape index (κ1) is 29.6. The topological polar surface area (TPSA) is 105 Å². The smallest absolute Gasteiger partial charge is 0.328 e. The maximum atomic E-state index is 12.5. The highest BCUT2D eigenvalue weighted by Gasteiger charge is 2.62. The van der Waals surface area contributed by atoms with Crippen LogP contribution in [0, 0.1) is 0 Å². The van der Waals surface area contributed by atoms with Crippen molar-refractivity contribution in [1.82, 2.24) is 4.90 Å². The summed E-state index contributed by atoms with van der Waals surface area (Å²) in [6.45, 7) is 0.410. The average molecular weight is 581 g/mol. The molecule has 214 valence electrons. The summed E-state index contributed by atoms with van der Waals surface area (Å²) in [6, 6.07) is 8.60.